The fraction of sp³-hybridized carbons (Fsp3) is 0.462. The van der Waals surface area contributed by atoms with Crippen LogP contribution < -0.4 is 15.4 Å². The van der Waals surface area contributed by atoms with E-state index in [1.54, 1.807) is 6.92 Å². The molecule has 6 nitrogen and oxygen atoms in total. The Hall–Kier alpha value is -1.74. The van der Waals surface area contributed by atoms with E-state index in [0.717, 1.165) is 18.2 Å². The van der Waals surface area contributed by atoms with Crippen molar-refractivity contribution in [3.8, 4) is 0 Å². The van der Waals surface area contributed by atoms with Crippen molar-refractivity contribution >= 4 is 16.0 Å². The van der Waals surface area contributed by atoms with Gasteiger partial charge in [0.2, 0.25) is 10.0 Å². The summed E-state index contributed by atoms with van der Waals surface area (Å²) in [7, 11) is -1.71. The van der Waals surface area contributed by atoms with Gasteiger partial charge < -0.3 is 10.6 Å². The smallest absolute Gasteiger partial charge is 0.211 e. The number of rotatable bonds is 7. The van der Waals surface area contributed by atoms with Gasteiger partial charge in [-0.15, -0.1) is 0 Å². The van der Waals surface area contributed by atoms with Crippen LogP contribution in [0.25, 0.3) is 0 Å². The Morgan fingerprint density at radius 1 is 1.23 bits per heavy atom. The molecule has 0 bridgehead atoms. The van der Waals surface area contributed by atoms with E-state index >= 15 is 0 Å². The molecule has 0 aliphatic heterocycles. The Morgan fingerprint density at radius 3 is 2.59 bits per heavy atom. The number of guanidine groups is 1. The maximum Gasteiger partial charge on any atom is 0.211 e. The van der Waals surface area contributed by atoms with Crippen molar-refractivity contribution in [2.24, 2.45) is 4.99 Å². The van der Waals surface area contributed by atoms with E-state index in [2.05, 4.69) is 20.3 Å². The van der Waals surface area contributed by atoms with E-state index in [0.29, 0.717) is 12.5 Å². The van der Waals surface area contributed by atoms with Gasteiger partial charge in [-0.2, -0.15) is 0 Å². The number of nitrogens with zero attached hydrogens (tertiary/aromatic N) is 1. The molecule has 0 fully saturated rings. The minimum Gasteiger partial charge on any atom is -0.355 e. The van der Waals surface area contributed by atoms with Gasteiger partial charge in [-0.3, -0.25) is 4.99 Å². The fourth-order valence-electron chi connectivity index (χ4n) is 1.57. The van der Waals surface area contributed by atoms with Crippen molar-refractivity contribution in [1.29, 1.82) is 0 Å². The maximum atomic E-state index is 13.5. The molecule has 0 aromatic heterocycles. The van der Waals surface area contributed by atoms with Crippen molar-refractivity contribution < 1.29 is 17.2 Å². The van der Waals surface area contributed by atoms with E-state index in [1.807, 2.05) is 0 Å². The van der Waals surface area contributed by atoms with Gasteiger partial charge in [-0.05, 0) is 25.1 Å². The Labute approximate surface area is 129 Å². The predicted octanol–water partition coefficient (Wildman–Crippen LogP) is 0.569. The van der Waals surface area contributed by atoms with Gasteiger partial charge in [0.1, 0.15) is 11.6 Å². The van der Waals surface area contributed by atoms with E-state index in [9.17, 15) is 17.2 Å². The second-order valence-electron chi connectivity index (χ2n) is 4.39. The van der Waals surface area contributed by atoms with Crippen LogP contribution in [0.15, 0.2) is 23.2 Å². The van der Waals surface area contributed by atoms with E-state index in [1.165, 1.54) is 7.05 Å². The summed E-state index contributed by atoms with van der Waals surface area (Å²) in [5.41, 5.74) is 0.176. The topological polar surface area (TPSA) is 82.6 Å². The lowest BCUT2D eigenvalue weighted by Gasteiger charge is -2.12. The van der Waals surface area contributed by atoms with Crippen LogP contribution >= 0.6 is 0 Å². The molecular weight excluding hydrogens is 314 g/mol. The molecule has 0 spiro atoms. The summed E-state index contributed by atoms with van der Waals surface area (Å²) < 4.78 is 51.4. The molecule has 0 unspecified atom stereocenters. The van der Waals surface area contributed by atoms with Gasteiger partial charge in [0.25, 0.3) is 0 Å². The summed E-state index contributed by atoms with van der Waals surface area (Å²) >= 11 is 0. The zero-order valence-electron chi connectivity index (χ0n) is 12.5. The molecule has 0 aliphatic rings. The number of halogens is 2. The van der Waals surface area contributed by atoms with Gasteiger partial charge in [-0.25, -0.2) is 21.9 Å². The van der Waals surface area contributed by atoms with Crippen molar-refractivity contribution in [2.45, 2.75) is 13.5 Å². The van der Waals surface area contributed by atoms with Gasteiger partial charge in [0.15, 0.2) is 5.96 Å². The molecule has 9 heteroatoms. The van der Waals surface area contributed by atoms with Crippen LogP contribution in [-0.4, -0.2) is 40.3 Å². The minimum absolute atomic E-state index is 0.0127. The van der Waals surface area contributed by atoms with Crippen LogP contribution in [0.2, 0.25) is 0 Å². The second kappa shape index (κ2) is 8.64. The highest BCUT2D eigenvalue weighted by Gasteiger charge is 2.06. The fourth-order valence-corrected chi connectivity index (χ4v) is 2.19. The lowest BCUT2D eigenvalue weighted by Crippen LogP contribution is -2.41. The summed E-state index contributed by atoms with van der Waals surface area (Å²) in [6, 6.07) is 3.21. The molecule has 1 aromatic rings. The number of hydrogen-bond acceptors (Lipinski definition) is 3. The molecule has 1 aromatic carbocycles. The Bertz CT molecular complexity index is 620. The molecule has 0 radical (unpaired) electrons. The van der Waals surface area contributed by atoms with E-state index < -0.39 is 21.7 Å². The average Bonchev–Trinajstić information content (AvgIpc) is 2.49. The van der Waals surface area contributed by atoms with Crippen molar-refractivity contribution in [3.05, 3.63) is 35.4 Å². The minimum atomic E-state index is -3.23. The van der Waals surface area contributed by atoms with Crippen molar-refractivity contribution in [3.63, 3.8) is 0 Å². The Kier molecular flexibility index (Phi) is 7.19. The summed E-state index contributed by atoms with van der Waals surface area (Å²) in [6.45, 7) is 2.11. The maximum absolute atomic E-state index is 13.5. The normalized spacial score (nSPS) is 12.3. The predicted molar refractivity (Wildman–Crippen MR) is 82.0 cm³/mol. The molecular formula is C13H20F2N4O2S. The molecule has 0 atom stereocenters. The van der Waals surface area contributed by atoms with E-state index in [4.69, 9.17) is 0 Å². The van der Waals surface area contributed by atoms with Crippen LogP contribution in [0.5, 0.6) is 0 Å². The molecule has 1 rings (SSSR count). The van der Waals surface area contributed by atoms with Crippen LogP contribution in [0.3, 0.4) is 0 Å². The average molecular weight is 334 g/mol. The Balaban J connectivity index is 2.42. The SMILES string of the molecule is CCS(=O)(=O)NCCNC(=NC)NCc1cc(F)ccc1F. The van der Waals surface area contributed by atoms with Crippen LogP contribution in [-0.2, 0) is 16.6 Å². The second-order valence-corrected chi connectivity index (χ2v) is 6.48. The first-order chi connectivity index (χ1) is 10.4. The third-order valence-electron chi connectivity index (χ3n) is 2.80. The molecule has 0 heterocycles. The summed E-state index contributed by atoms with van der Waals surface area (Å²) in [4.78, 5) is 3.91. The molecule has 124 valence electrons. The number of hydrogen-bond donors (Lipinski definition) is 3. The number of aliphatic imine (C=N–C) groups is 1. The molecule has 22 heavy (non-hydrogen) atoms. The van der Waals surface area contributed by atoms with Gasteiger partial charge in [0.05, 0.1) is 5.75 Å². The van der Waals surface area contributed by atoms with Gasteiger partial charge in [0, 0.05) is 32.2 Å². The van der Waals surface area contributed by atoms with Crippen LogP contribution in [0, 0.1) is 11.6 Å². The largest absolute Gasteiger partial charge is 0.355 e. The monoisotopic (exact) mass is 334 g/mol. The molecule has 0 saturated carbocycles. The first kappa shape index (κ1) is 18.3. The number of sulfonamides is 1. The lowest BCUT2D eigenvalue weighted by atomic mass is 10.2. The molecule has 0 saturated heterocycles. The summed E-state index contributed by atoms with van der Waals surface area (Å²) in [5.74, 6) is -0.659. The highest BCUT2D eigenvalue weighted by molar-refractivity contribution is 7.89. The van der Waals surface area contributed by atoms with Gasteiger partial charge >= 0.3 is 0 Å². The Morgan fingerprint density at radius 2 is 1.95 bits per heavy atom. The quantitative estimate of drug-likeness (QED) is 0.387. The van der Waals surface area contributed by atoms with Crippen LogP contribution in [0.1, 0.15) is 12.5 Å². The third kappa shape index (κ3) is 6.35. The number of nitrogens with one attached hydrogen (secondary N) is 3. The summed E-state index contributed by atoms with van der Waals surface area (Å²) in [6.07, 6.45) is 0. The first-order valence-corrected chi connectivity index (χ1v) is 8.39. The molecule has 0 amide bonds. The highest BCUT2D eigenvalue weighted by Crippen LogP contribution is 2.08. The van der Waals surface area contributed by atoms with Crippen LogP contribution in [0.4, 0.5) is 8.78 Å². The molecule has 3 N–H and O–H groups in total. The number of benzene rings is 1. The zero-order valence-corrected chi connectivity index (χ0v) is 13.3. The van der Waals surface area contributed by atoms with Gasteiger partial charge in [-0.1, -0.05) is 0 Å². The highest BCUT2D eigenvalue weighted by atomic mass is 32.2. The van der Waals surface area contributed by atoms with E-state index in [-0.39, 0.29) is 24.4 Å². The first-order valence-electron chi connectivity index (χ1n) is 6.73. The zero-order chi connectivity index (χ0) is 16.6. The third-order valence-corrected chi connectivity index (χ3v) is 4.20. The van der Waals surface area contributed by atoms with Crippen molar-refractivity contribution in [1.82, 2.24) is 15.4 Å². The standard InChI is InChI=1S/C13H20F2N4O2S/c1-3-22(20,21)19-7-6-17-13(16-2)18-9-10-8-11(14)4-5-12(10)15/h4-5,8,19H,3,6-7,9H2,1-2H3,(H2,16,17,18). The summed E-state index contributed by atoms with van der Waals surface area (Å²) in [5, 5.41) is 5.69. The lowest BCUT2D eigenvalue weighted by molar-refractivity contribution is 0.579. The van der Waals surface area contributed by atoms with Crippen molar-refractivity contribution in [2.75, 3.05) is 25.9 Å². The molecule has 0 aliphatic carbocycles.